The molecule has 1 saturated carbocycles. The molecule has 1 fully saturated rings. The summed E-state index contributed by atoms with van der Waals surface area (Å²) in [6.07, 6.45) is 4.63. The van der Waals surface area contributed by atoms with Gasteiger partial charge in [-0.05, 0) is 18.4 Å². The minimum absolute atomic E-state index is 0.245. The summed E-state index contributed by atoms with van der Waals surface area (Å²) in [5.74, 6) is -0.275. The molecule has 0 aliphatic heterocycles. The number of rotatable bonds is 3. The predicted molar refractivity (Wildman–Crippen MR) is 66.4 cm³/mol. The first-order valence-electron chi connectivity index (χ1n) is 6.31. The van der Waals surface area contributed by atoms with Gasteiger partial charge in [-0.3, -0.25) is 4.79 Å². The van der Waals surface area contributed by atoms with Gasteiger partial charge in [0.25, 0.3) is 5.91 Å². The first kappa shape index (κ1) is 12.1. The zero-order valence-electron chi connectivity index (χ0n) is 9.93. The van der Waals surface area contributed by atoms with Crippen molar-refractivity contribution in [3.63, 3.8) is 0 Å². The highest BCUT2D eigenvalue weighted by atomic mass is 16.3. The Morgan fingerprint density at radius 3 is 2.47 bits per heavy atom. The zero-order chi connectivity index (χ0) is 12.1. The summed E-state index contributed by atoms with van der Waals surface area (Å²) in [4.78, 5) is 11.9. The Balaban J connectivity index is 1.91. The van der Waals surface area contributed by atoms with Gasteiger partial charge in [0, 0.05) is 6.04 Å². The van der Waals surface area contributed by atoms with Gasteiger partial charge in [-0.25, -0.2) is 0 Å². The van der Waals surface area contributed by atoms with Gasteiger partial charge in [-0.1, -0.05) is 49.6 Å². The van der Waals surface area contributed by atoms with Crippen molar-refractivity contribution >= 4 is 5.91 Å². The summed E-state index contributed by atoms with van der Waals surface area (Å²) < 4.78 is 0. The van der Waals surface area contributed by atoms with Gasteiger partial charge < -0.3 is 10.4 Å². The molecule has 0 heterocycles. The second-order valence-electron chi connectivity index (χ2n) is 4.66. The number of aliphatic hydroxyl groups excluding tert-OH is 1. The quantitative estimate of drug-likeness (QED) is 0.840. The van der Waals surface area contributed by atoms with E-state index in [9.17, 15) is 9.90 Å². The third-order valence-corrected chi connectivity index (χ3v) is 3.32. The Bertz CT molecular complexity index is 358. The Kier molecular flexibility index (Phi) is 4.15. The van der Waals surface area contributed by atoms with E-state index in [0.29, 0.717) is 5.56 Å². The summed E-state index contributed by atoms with van der Waals surface area (Å²) in [6.45, 7) is 0. The second kappa shape index (κ2) is 5.82. The highest BCUT2D eigenvalue weighted by molar-refractivity contribution is 5.82. The van der Waals surface area contributed by atoms with Crippen molar-refractivity contribution in [3.8, 4) is 0 Å². The maximum atomic E-state index is 11.9. The topological polar surface area (TPSA) is 49.3 Å². The normalized spacial score (nSPS) is 18.6. The van der Waals surface area contributed by atoms with Gasteiger partial charge in [-0.2, -0.15) is 0 Å². The fourth-order valence-corrected chi connectivity index (χ4v) is 2.31. The number of aliphatic hydroxyl groups is 1. The Hall–Kier alpha value is -1.35. The van der Waals surface area contributed by atoms with Crippen LogP contribution in [0.2, 0.25) is 0 Å². The molecule has 0 spiro atoms. The van der Waals surface area contributed by atoms with Crippen LogP contribution in [-0.4, -0.2) is 17.1 Å². The number of carbonyl (C=O) groups excluding carboxylic acids is 1. The second-order valence-corrected chi connectivity index (χ2v) is 4.66. The average molecular weight is 233 g/mol. The van der Waals surface area contributed by atoms with E-state index in [1.165, 1.54) is 19.3 Å². The number of amides is 1. The molecule has 1 aromatic carbocycles. The molecule has 1 aromatic rings. The van der Waals surface area contributed by atoms with E-state index < -0.39 is 6.10 Å². The van der Waals surface area contributed by atoms with E-state index in [4.69, 9.17) is 0 Å². The summed E-state index contributed by atoms with van der Waals surface area (Å²) in [5.41, 5.74) is 0.654. The Morgan fingerprint density at radius 2 is 1.82 bits per heavy atom. The van der Waals surface area contributed by atoms with Crippen LogP contribution in [0.4, 0.5) is 0 Å². The summed E-state index contributed by atoms with van der Waals surface area (Å²) in [6, 6.07) is 9.30. The van der Waals surface area contributed by atoms with Gasteiger partial charge >= 0.3 is 0 Å². The van der Waals surface area contributed by atoms with Gasteiger partial charge in [0.15, 0.2) is 6.10 Å². The third kappa shape index (κ3) is 3.30. The first-order valence-corrected chi connectivity index (χ1v) is 6.31. The molecule has 1 amide bonds. The molecule has 0 saturated heterocycles. The van der Waals surface area contributed by atoms with Crippen LogP contribution in [0.1, 0.15) is 43.8 Å². The molecule has 2 rings (SSSR count). The van der Waals surface area contributed by atoms with Gasteiger partial charge in [0.2, 0.25) is 0 Å². The van der Waals surface area contributed by atoms with Crippen LogP contribution in [0.3, 0.4) is 0 Å². The van der Waals surface area contributed by atoms with Crippen LogP contribution < -0.4 is 5.32 Å². The van der Waals surface area contributed by atoms with E-state index in [2.05, 4.69) is 5.32 Å². The minimum Gasteiger partial charge on any atom is -0.378 e. The van der Waals surface area contributed by atoms with Crippen LogP contribution in [0, 0.1) is 0 Å². The van der Waals surface area contributed by atoms with E-state index in [1.54, 1.807) is 12.1 Å². The molecule has 0 radical (unpaired) electrons. The van der Waals surface area contributed by atoms with Gasteiger partial charge in [0.1, 0.15) is 0 Å². The molecular weight excluding hydrogens is 214 g/mol. The lowest BCUT2D eigenvalue weighted by Crippen LogP contribution is -2.39. The van der Waals surface area contributed by atoms with Crippen molar-refractivity contribution in [2.24, 2.45) is 0 Å². The average Bonchev–Trinajstić information content (AvgIpc) is 2.40. The molecule has 1 aliphatic rings. The van der Waals surface area contributed by atoms with Crippen molar-refractivity contribution in [1.82, 2.24) is 5.32 Å². The summed E-state index contributed by atoms with van der Waals surface area (Å²) in [7, 11) is 0. The fraction of sp³-hybridized carbons (Fsp3) is 0.500. The molecule has 3 nitrogen and oxygen atoms in total. The maximum Gasteiger partial charge on any atom is 0.253 e. The van der Waals surface area contributed by atoms with Crippen LogP contribution in [0.25, 0.3) is 0 Å². The number of nitrogens with one attached hydrogen (secondary N) is 1. The number of carbonyl (C=O) groups is 1. The smallest absolute Gasteiger partial charge is 0.253 e. The maximum absolute atomic E-state index is 11.9. The lowest BCUT2D eigenvalue weighted by atomic mass is 9.95. The monoisotopic (exact) mass is 233 g/mol. The Morgan fingerprint density at radius 1 is 1.18 bits per heavy atom. The zero-order valence-corrected chi connectivity index (χ0v) is 9.93. The highest BCUT2D eigenvalue weighted by Crippen LogP contribution is 2.19. The van der Waals surface area contributed by atoms with E-state index >= 15 is 0 Å². The number of hydrogen-bond donors (Lipinski definition) is 2. The van der Waals surface area contributed by atoms with Crippen LogP contribution in [0.15, 0.2) is 30.3 Å². The van der Waals surface area contributed by atoms with Crippen molar-refractivity contribution in [2.45, 2.75) is 44.2 Å². The fourth-order valence-electron chi connectivity index (χ4n) is 2.31. The van der Waals surface area contributed by atoms with Crippen LogP contribution in [-0.2, 0) is 4.79 Å². The van der Waals surface area contributed by atoms with Gasteiger partial charge in [0.05, 0.1) is 0 Å². The molecule has 1 unspecified atom stereocenters. The molecule has 2 N–H and O–H groups in total. The lowest BCUT2D eigenvalue weighted by Gasteiger charge is -2.24. The first-order chi connectivity index (χ1) is 8.27. The SMILES string of the molecule is O=C(NC1CCCCC1)C(O)c1ccccc1. The Labute approximate surface area is 102 Å². The van der Waals surface area contributed by atoms with Gasteiger partial charge in [-0.15, -0.1) is 0 Å². The minimum atomic E-state index is -1.04. The van der Waals surface area contributed by atoms with E-state index in [0.717, 1.165) is 12.8 Å². The molecule has 1 atom stereocenters. The summed E-state index contributed by atoms with van der Waals surface area (Å²) >= 11 is 0. The van der Waals surface area contributed by atoms with Crippen LogP contribution in [0.5, 0.6) is 0 Å². The third-order valence-electron chi connectivity index (χ3n) is 3.32. The molecule has 17 heavy (non-hydrogen) atoms. The number of benzene rings is 1. The predicted octanol–water partition coefficient (Wildman–Crippen LogP) is 2.17. The molecular formula is C14H19NO2. The summed E-state index contributed by atoms with van der Waals surface area (Å²) in [5, 5.41) is 12.8. The molecule has 92 valence electrons. The van der Waals surface area contributed by atoms with Crippen molar-refractivity contribution in [2.75, 3.05) is 0 Å². The molecule has 0 aromatic heterocycles. The molecule has 0 bridgehead atoms. The van der Waals surface area contributed by atoms with Crippen LogP contribution >= 0.6 is 0 Å². The van der Waals surface area contributed by atoms with Crippen molar-refractivity contribution < 1.29 is 9.90 Å². The highest BCUT2D eigenvalue weighted by Gasteiger charge is 2.21. The van der Waals surface area contributed by atoms with E-state index in [-0.39, 0.29) is 11.9 Å². The van der Waals surface area contributed by atoms with Crippen molar-refractivity contribution in [1.29, 1.82) is 0 Å². The standard InChI is InChI=1S/C14H19NO2/c16-13(11-7-3-1-4-8-11)14(17)15-12-9-5-2-6-10-12/h1,3-4,7-8,12-13,16H,2,5-6,9-10H2,(H,15,17). The lowest BCUT2D eigenvalue weighted by molar-refractivity contribution is -0.130. The van der Waals surface area contributed by atoms with Crippen molar-refractivity contribution in [3.05, 3.63) is 35.9 Å². The molecule has 3 heteroatoms. The molecule has 1 aliphatic carbocycles. The van der Waals surface area contributed by atoms with E-state index in [1.807, 2.05) is 18.2 Å². The largest absolute Gasteiger partial charge is 0.378 e. The number of hydrogen-bond acceptors (Lipinski definition) is 2.